The molecule has 2 heteroatoms. The van der Waals surface area contributed by atoms with Crippen LogP contribution in [-0.2, 0) is 11.2 Å². The monoisotopic (exact) mass is 233 g/mol. The van der Waals surface area contributed by atoms with Gasteiger partial charge in [-0.15, -0.1) is 0 Å². The number of benzene rings is 1. The Kier molecular flexibility index (Phi) is 5.02. The molecule has 1 aromatic carbocycles. The zero-order valence-electron chi connectivity index (χ0n) is 10.7. The van der Waals surface area contributed by atoms with E-state index >= 15 is 0 Å². The molecule has 1 fully saturated rings. The maximum Gasteiger partial charge on any atom is 0.0591 e. The van der Waals surface area contributed by atoms with Crippen molar-refractivity contribution < 1.29 is 4.74 Å². The molecule has 1 aliphatic carbocycles. The quantitative estimate of drug-likeness (QED) is 0.697. The minimum atomic E-state index is 0.516. The third kappa shape index (κ3) is 5.33. The van der Waals surface area contributed by atoms with Crippen molar-refractivity contribution >= 4 is 0 Å². The van der Waals surface area contributed by atoms with Gasteiger partial charge in [0.15, 0.2) is 0 Å². The second-order valence-electron chi connectivity index (χ2n) is 5.06. The lowest BCUT2D eigenvalue weighted by atomic mass is 10.1. The Morgan fingerprint density at radius 2 is 2.06 bits per heavy atom. The molecule has 1 N–H and O–H groups in total. The summed E-state index contributed by atoms with van der Waals surface area (Å²) >= 11 is 0. The highest BCUT2D eigenvalue weighted by Crippen LogP contribution is 2.28. The summed E-state index contributed by atoms with van der Waals surface area (Å²) in [5.41, 5.74) is 1.39. The lowest BCUT2D eigenvalue weighted by molar-refractivity contribution is 0.124. The summed E-state index contributed by atoms with van der Waals surface area (Å²) in [7, 11) is 0. The first-order valence-corrected chi connectivity index (χ1v) is 6.69. The molecule has 1 unspecified atom stereocenters. The van der Waals surface area contributed by atoms with Gasteiger partial charge in [-0.05, 0) is 37.7 Å². The van der Waals surface area contributed by atoms with E-state index in [1.54, 1.807) is 0 Å². The Morgan fingerprint density at radius 3 is 2.76 bits per heavy atom. The van der Waals surface area contributed by atoms with Gasteiger partial charge in [0.25, 0.3) is 0 Å². The first-order valence-electron chi connectivity index (χ1n) is 6.69. The number of nitrogens with one attached hydrogen (secondary N) is 1. The Hall–Kier alpha value is -0.860. The molecule has 0 aromatic heterocycles. The summed E-state index contributed by atoms with van der Waals surface area (Å²) in [4.78, 5) is 0. The summed E-state index contributed by atoms with van der Waals surface area (Å²) in [5.74, 6) is 0.872. The first kappa shape index (κ1) is 12.6. The average molecular weight is 233 g/mol. The number of hydrogen-bond donors (Lipinski definition) is 1. The predicted octanol–water partition coefficient (Wildman–Crippen LogP) is 2.63. The van der Waals surface area contributed by atoms with E-state index in [1.165, 1.54) is 18.4 Å². The molecule has 1 aromatic rings. The third-order valence-electron chi connectivity index (χ3n) is 3.17. The van der Waals surface area contributed by atoms with Gasteiger partial charge in [0.05, 0.1) is 6.61 Å². The molecule has 1 saturated carbocycles. The fourth-order valence-corrected chi connectivity index (χ4v) is 1.95. The van der Waals surface area contributed by atoms with E-state index in [1.807, 2.05) is 0 Å². The van der Waals surface area contributed by atoms with Crippen LogP contribution in [0.2, 0.25) is 0 Å². The molecule has 1 atom stereocenters. The molecule has 0 radical (unpaired) electrons. The SMILES string of the molecule is CC(Cc1ccccc1)NCCOCC1CC1. The molecule has 0 amide bonds. The fourth-order valence-electron chi connectivity index (χ4n) is 1.95. The van der Waals surface area contributed by atoms with Crippen molar-refractivity contribution in [2.75, 3.05) is 19.8 Å². The van der Waals surface area contributed by atoms with Gasteiger partial charge < -0.3 is 10.1 Å². The average Bonchev–Trinajstić information content (AvgIpc) is 3.14. The van der Waals surface area contributed by atoms with Gasteiger partial charge in [-0.1, -0.05) is 30.3 Å². The molecule has 1 aliphatic rings. The topological polar surface area (TPSA) is 21.3 Å². The largest absolute Gasteiger partial charge is 0.380 e. The van der Waals surface area contributed by atoms with E-state index in [0.29, 0.717) is 6.04 Å². The number of ether oxygens (including phenoxy) is 1. The highest BCUT2D eigenvalue weighted by molar-refractivity contribution is 5.15. The molecule has 0 heterocycles. The predicted molar refractivity (Wildman–Crippen MR) is 71.2 cm³/mol. The van der Waals surface area contributed by atoms with Crippen molar-refractivity contribution in [1.82, 2.24) is 5.32 Å². The summed E-state index contributed by atoms with van der Waals surface area (Å²) in [6, 6.07) is 11.1. The van der Waals surface area contributed by atoms with Crippen molar-refractivity contribution in [3.8, 4) is 0 Å². The summed E-state index contributed by atoms with van der Waals surface area (Å²) in [5, 5.41) is 3.50. The standard InChI is InChI=1S/C15H23NO/c1-13(11-14-5-3-2-4-6-14)16-9-10-17-12-15-7-8-15/h2-6,13,15-16H,7-12H2,1H3. The van der Waals surface area contributed by atoms with Crippen LogP contribution in [0.4, 0.5) is 0 Å². The molecule has 0 saturated heterocycles. The second kappa shape index (κ2) is 6.77. The maximum atomic E-state index is 5.60. The fraction of sp³-hybridized carbons (Fsp3) is 0.600. The van der Waals surface area contributed by atoms with Gasteiger partial charge in [-0.25, -0.2) is 0 Å². The van der Waals surface area contributed by atoms with Crippen molar-refractivity contribution in [1.29, 1.82) is 0 Å². The molecular formula is C15H23NO. The first-order chi connectivity index (χ1) is 8.34. The lowest BCUT2D eigenvalue weighted by Gasteiger charge is -2.13. The van der Waals surface area contributed by atoms with Gasteiger partial charge in [0.1, 0.15) is 0 Å². The van der Waals surface area contributed by atoms with Crippen LogP contribution in [-0.4, -0.2) is 25.8 Å². The smallest absolute Gasteiger partial charge is 0.0591 e. The van der Waals surface area contributed by atoms with E-state index < -0.39 is 0 Å². The van der Waals surface area contributed by atoms with Crippen LogP contribution in [0.15, 0.2) is 30.3 Å². The summed E-state index contributed by atoms with van der Waals surface area (Å²) in [6.07, 6.45) is 3.83. The van der Waals surface area contributed by atoms with Crippen molar-refractivity contribution in [3.63, 3.8) is 0 Å². The summed E-state index contributed by atoms with van der Waals surface area (Å²) < 4.78 is 5.60. The maximum absolute atomic E-state index is 5.60. The van der Waals surface area contributed by atoms with E-state index in [0.717, 1.165) is 32.1 Å². The zero-order valence-corrected chi connectivity index (χ0v) is 10.7. The van der Waals surface area contributed by atoms with E-state index in [-0.39, 0.29) is 0 Å². The van der Waals surface area contributed by atoms with Crippen LogP contribution in [0.5, 0.6) is 0 Å². The van der Waals surface area contributed by atoms with Crippen molar-refractivity contribution in [2.45, 2.75) is 32.2 Å². The Balaban J connectivity index is 1.52. The van der Waals surface area contributed by atoms with Crippen LogP contribution in [0, 0.1) is 5.92 Å². The third-order valence-corrected chi connectivity index (χ3v) is 3.17. The van der Waals surface area contributed by atoms with Crippen LogP contribution in [0.1, 0.15) is 25.3 Å². The Morgan fingerprint density at radius 1 is 1.29 bits per heavy atom. The highest BCUT2D eigenvalue weighted by Gasteiger charge is 2.20. The van der Waals surface area contributed by atoms with Gasteiger partial charge in [0, 0.05) is 19.2 Å². The molecule has 0 aliphatic heterocycles. The van der Waals surface area contributed by atoms with Crippen LogP contribution < -0.4 is 5.32 Å². The van der Waals surface area contributed by atoms with Gasteiger partial charge in [-0.3, -0.25) is 0 Å². The lowest BCUT2D eigenvalue weighted by Crippen LogP contribution is -2.31. The Bertz CT molecular complexity index is 308. The van der Waals surface area contributed by atoms with Crippen LogP contribution in [0.25, 0.3) is 0 Å². The molecule has 2 nitrogen and oxygen atoms in total. The zero-order chi connectivity index (χ0) is 11.9. The second-order valence-corrected chi connectivity index (χ2v) is 5.06. The molecule has 0 bridgehead atoms. The molecule has 17 heavy (non-hydrogen) atoms. The molecule has 2 rings (SSSR count). The highest BCUT2D eigenvalue weighted by atomic mass is 16.5. The normalized spacial score (nSPS) is 17.0. The van der Waals surface area contributed by atoms with Crippen LogP contribution >= 0.6 is 0 Å². The number of rotatable bonds is 8. The number of hydrogen-bond acceptors (Lipinski definition) is 2. The van der Waals surface area contributed by atoms with Gasteiger partial charge >= 0.3 is 0 Å². The van der Waals surface area contributed by atoms with E-state index in [2.05, 4.69) is 42.6 Å². The van der Waals surface area contributed by atoms with Gasteiger partial charge in [0.2, 0.25) is 0 Å². The minimum Gasteiger partial charge on any atom is -0.380 e. The summed E-state index contributed by atoms with van der Waals surface area (Å²) in [6.45, 7) is 5.00. The van der Waals surface area contributed by atoms with E-state index in [4.69, 9.17) is 4.74 Å². The van der Waals surface area contributed by atoms with Crippen LogP contribution in [0.3, 0.4) is 0 Å². The van der Waals surface area contributed by atoms with Gasteiger partial charge in [-0.2, -0.15) is 0 Å². The van der Waals surface area contributed by atoms with Crippen molar-refractivity contribution in [3.05, 3.63) is 35.9 Å². The molecule has 94 valence electrons. The van der Waals surface area contributed by atoms with Crippen molar-refractivity contribution in [2.24, 2.45) is 5.92 Å². The van der Waals surface area contributed by atoms with E-state index in [9.17, 15) is 0 Å². The molecular weight excluding hydrogens is 210 g/mol. The minimum absolute atomic E-state index is 0.516. The Labute approximate surface area is 104 Å². The molecule has 0 spiro atoms.